The van der Waals surface area contributed by atoms with E-state index in [0.717, 1.165) is 5.56 Å². The molecule has 1 aromatic heterocycles. The molecule has 0 fully saturated rings. The lowest BCUT2D eigenvalue weighted by atomic mass is 10.2. The van der Waals surface area contributed by atoms with E-state index in [-0.39, 0.29) is 12.5 Å². The summed E-state index contributed by atoms with van der Waals surface area (Å²) in [5, 5.41) is 10.5. The average molecular weight is 344 g/mol. The molecule has 0 atom stereocenters. The third-order valence-electron chi connectivity index (χ3n) is 3.11. The largest absolute Gasteiger partial charge is 0.452 e. The van der Waals surface area contributed by atoms with Crippen LogP contribution in [-0.4, -0.2) is 53.7 Å². The van der Waals surface area contributed by atoms with E-state index >= 15 is 0 Å². The summed E-state index contributed by atoms with van der Waals surface area (Å²) < 4.78 is 11.3. The van der Waals surface area contributed by atoms with E-state index in [1.165, 1.54) is 19.3 Å². The molecule has 0 aliphatic rings. The van der Waals surface area contributed by atoms with Crippen molar-refractivity contribution in [1.82, 2.24) is 20.3 Å². The Hall–Kier alpha value is -3.00. The van der Waals surface area contributed by atoms with E-state index in [0.29, 0.717) is 25.4 Å². The Morgan fingerprint density at radius 2 is 2.08 bits per heavy atom. The maximum absolute atomic E-state index is 11.6. The lowest BCUT2D eigenvalue weighted by Crippen LogP contribution is -2.31. The molecule has 0 radical (unpaired) electrons. The minimum absolute atomic E-state index is 0.340. The second-order valence-corrected chi connectivity index (χ2v) is 5.11. The quantitative estimate of drug-likeness (QED) is 0.408. The summed E-state index contributed by atoms with van der Waals surface area (Å²) in [5.41, 5.74) is 1.62. The number of benzene rings is 1. The summed E-state index contributed by atoms with van der Waals surface area (Å²) in [5.74, 6) is -1.01. The third-order valence-corrected chi connectivity index (χ3v) is 3.11. The van der Waals surface area contributed by atoms with Crippen LogP contribution in [0.2, 0.25) is 0 Å². The van der Waals surface area contributed by atoms with E-state index in [9.17, 15) is 9.59 Å². The van der Waals surface area contributed by atoms with Gasteiger partial charge in [-0.2, -0.15) is 0 Å². The Morgan fingerprint density at radius 1 is 1.28 bits per heavy atom. The maximum atomic E-state index is 11.6. The maximum Gasteiger partial charge on any atom is 0.331 e. The predicted molar refractivity (Wildman–Crippen MR) is 90.4 cm³/mol. The van der Waals surface area contributed by atoms with Crippen LogP contribution in [0.5, 0.6) is 0 Å². The molecule has 0 aliphatic heterocycles. The zero-order valence-electron chi connectivity index (χ0n) is 13.9. The van der Waals surface area contributed by atoms with Crippen molar-refractivity contribution in [1.29, 1.82) is 0 Å². The van der Waals surface area contributed by atoms with Crippen molar-refractivity contribution in [3.63, 3.8) is 0 Å². The van der Waals surface area contributed by atoms with Gasteiger partial charge in [0, 0.05) is 19.7 Å². The number of nitrogens with one attached hydrogen (secondary N) is 1. The third kappa shape index (κ3) is 6.96. The van der Waals surface area contributed by atoms with Crippen molar-refractivity contribution in [2.45, 2.75) is 6.54 Å². The molecule has 0 saturated heterocycles. The molecule has 8 nitrogen and oxygen atoms in total. The molecule has 2 aromatic rings. The van der Waals surface area contributed by atoms with Crippen LogP contribution in [0.15, 0.2) is 42.6 Å². The number of methoxy groups -OCH3 is 1. The predicted octanol–water partition coefficient (Wildman–Crippen LogP) is 0.645. The van der Waals surface area contributed by atoms with Crippen LogP contribution in [0.3, 0.4) is 0 Å². The first-order valence-corrected chi connectivity index (χ1v) is 7.72. The van der Waals surface area contributed by atoms with E-state index in [4.69, 9.17) is 9.47 Å². The summed E-state index contributed by atoms with van der Waals surface area (Å²) in [4.78, 5) is 23.0. The fourth-order valence-corrected chi connectivity index (χ4v) is 1.92. The van der Waals surface area contributed by atoms with Crippen molar-refractivity contribution in [3.8, 4) is 0 Å². The van der Waals surface area contributed by atoms with Gasteiger partial charge in [0.15, 0.2) is 6.61 Å². The summed E-state index contributed by atoms with van der Waals surface area (Å²) >= 11 is 0. The topological polar surface area (TPSA) is 95.3 Å². The lowest BCUT2D eigenvalue weighted by molar-refractivity contribution is -0.143. The highest BCUT2D eigenvalue weighted by Gasteiger charge is 2.05. The van der Waals surface area contributed by atoms with Crippen LogP contribution in [0.4, 0.5) is 0 Å². The van der Waals surface area contributed by atoms with Crippen LogP contribution in [0.25, 0.3) is 6.08 Å². The van der Waals surface area contributed by atoms with Crippen molar-refractivity contribution in [2.75, 3.05) is 26.9 Å². The molecule has 1 amide bonds. The van der Waals surface area contributed by atoms with Gasteiger partial charge in [0.05, 0.1) is 19.3 Å². The number of rotatable bonds is 9. The molecule has 0 saturated carbocycles. The van der Waals surface area contributed by atoms with Crippen LogP contribution in [-0.2, 0) is 25.6 Å². The number of amides is 1. The van der Waals surface area contributed by atoms with Gasteiger partial charge in [0.1, 0.15) is 5.69 Å². The Balaban J connectivity index is 1.75. The minimum Gasteiger partial charge on any atom is -0.452 e. The van der Waals surface area contributed by atoms with Gasteiger partial charge in [0.2, 0.25) is 0 Å². The average Bonchev–Trinajstić information content (AvgIpc) is 3.06. The summed E-state index contributed by atoms with van der Waals surface area (Å²) in [6.07, 6.45) is 4.41. The number of carbonyl (C=O) groups excluding carboxylic acids is 2. The van der Waals surface area contributed by atoms with Gasteiger partial charge in [-0.25, -0.2) is 9.48 Å². The summed E-state index contributed by atoms with van der Waals surface area (Å²) in [7, 11) is 1.53. The van der Waals surface area contributed by atoms with E-state index in [1.807, 2.05) is 30.3 Å². The van der Waals surface area contributed by atoms with Crippen LogP contribution in [0, 0.1) is 0 Å². The highest BCUT2D eigenvalue weighted by molar-refractivity contribution is 5.88. The van der Waals surface area contributed by atoms with E-state index < -0.39 is 5.97 Å². The summed E-state index contributed by atoms with van der Waals surface area (Å²) in [6.45, 7) is 1.02. The second kappa shape index (κ2) is 9.99. The van der Waals surface area contributed by atoms with Gasteiger partial charge in [-0.3, -0.25) is 4.79 Å². The minimum atomic E-state index is -0.625. The zero-order valence-corrected chi connectivity index (χ0v) is 13.9. The number of hydrogen-bond acceptors (Lipinski definition) is 6. The molecule has 1 heterocycles. The Labute approximate surface area is 145 Å². The smallest absolute Gasteiger partial charge is 0.331 e. The lowest BCUT2D eigenvalue weighted by Gasteiger charge is -2.04. The molecule has 132 valence electrons. The van der Waals surface area contributed by atoms with Gasteiger partial charge in [-0.15, -0.1) is 5.10 Å². The van der Waals surface area contributed by atoms with E-state index in [2.05, 4.69) is 15.6 Å². The van der Waals surface area contributed by atoms with Crippen molar-refractivity contribution >= 4 is 18.0 Å². The van der Waals surface area contributed by atoms with Crippen LogP contribution >= 0.6 is 0 Å². The highest BCUT2D eigenvalue weighted by Crippen LogP contribution is 2.03. The first-order valence-electron chi connectivity index (χ1n) is 7.72. The monoisotopic (exact) mass is 344 g/mol. The molecule has 1 N–H and O–H groups in total. The Morgan fingerprint density at radius 3 is 2.84 bits per heavy atom. The van der Waals surface area contributed by atoms with Gasteiger partial charge in [-0.05, 0) is 11.6 Å². The molecule has 25 heavy (non-hydrogen) atoms. The molecular formula is C17H20N4O4. The fraction of sp³-hybridized carbons (Fsp3) is 0.294. The van der Waals surface area contributed by atoms with Crippen molar-refractivity contribution < 1.29 is 19.1 Å². The Bertz CT molecular complexity index is 712. The van der Waals surface area contributed by atoms with Crippen LogP contribution in [0.1, 0.15) is 11.3 Å². The highest BCUT2D eigenvalue weighted by atomic mass is 16.5. The first-order chi connectivity index (χ1) is 12.2. The van der Waals surface area contributed by atoms with Crippen molar-refractivity contribution in [3.05, 3.63) is 53.9 Å². The molecule has 2 rings (SSSR count). The molecule has 0 aliphatic carbocycles. The van der Waals surface area contributed by atoms with Gasteiger partial charge < -0.3 is 14.8 Å². The number of ether oxygens (including phenoxy) is 2. The van der Waals surface area contributed by atoms with Gasteiger partial charge >= 0.3 is 5.97 Å². The SMILES string of the molecule is COCCNC(=O)COC(=O)/C=C/c1cn(Cc2ccccc2)nn1. The number of hydrogen-bond donors (Lipinski definition) is 1. The zero-order chi connectivity index (χ0) is 17.9. The number of aromatic nitrogens is 3. The van der Waals surface area contributed by atoms with Crippen LogP contribution < -0.4 is 5.32 Å². The number of esters is 1. The molecule has 0 spiro atoms. The molecular weight excluding hydrogens is 324 g/mol. The van der Waals surface area contributed by atoms with Crippen molar-refractivity contribution in [2.24, 2.45) is 0 Å². The normalized spacial score (nSPS) is 10.8. The number of carbonyl (C=O) groups is 2. The molecule has 0 unspecified atom stereocenters. The van der Waals surface area contributed by atoms with Gasteiger partial charge in [-0.1, -0.05) is 35.5 Å². The first kappa shape index (κ1) is 18.3. The van der Waals surface area contributed by atoms with Gasteiger partial charge in [0.25, 0.3) is 5.91 Å². The summed E-state index contributed by atoms with van der Waals surface area (Å²) in [6, 6.07) is 9.84. The molecule has 0 bridgehead atoms. The molecule has 1 aromatic carbocycles. The Kier molecular flexibility index (Phi) is 7.33. The second-order valence-electron chi connectivity index (χ2n) is 5.11. The standard InChI is InChI=1S/C17H20N4O4/c1-24-10-9-18-16(22)13-25-17(23)8-7-15-12-21(20-19-15)11-14-5-3-2-4-6-14/h2-8,12H,9-11,13H2,1H3,(H,18,22)/b8-7+. The fourth-order valence-electron chi connectivity index (χ4n) is 1.92. The molecule has 8 heteroatoms. The number of nitrogens with zero attached hydrogens (tertiary/aromatic N) is 3. The van der Waals surface area contributed by atoms with E-state index in [1.54, 1.807) is 10.9 Å².